The summed E-state index contributed by atoms with van der Waals surface area (Å²) in [6.07, 6.45) is 2.41. The van der Waals surface area contributed by atoms with E-state index in [1.165, 1.54) is 13.2 Å². The normalized spacial score (nSPS) is 10.2. The number of ether oxygens (including phenoxy) is 1. The molecule has 0 aliphatic rings. The Balaban J connectivity index is 2.93. The van der Waals surface area contributed by atoms with Crippen LogP contribution in [0.25, 0.3) is 6.08 Å². The molecule has 0 aliphatic carbocycles. The standard InChI is InChI=1S/C10H10O3/c1-13-9-5-3-2-4-8(9)6-7-10(11)12/h2-7H,1H3,(H,11,12)/p-1. The molecular weight excluding hydrogens is 168 g/mol. The predicted molar refractivity (Wildman–Crippen MR) is 47.0 cm³/mol. The number of carboxylic acid groups (broad SMARTS) is 1. The lowest BCUT2D eigenvalue weighted by molar-refractivity contribution is -0.297. The van der Waals surface area contributed by atoms with Crippen LogP contribution in [-0.4, -0.2) is 13.1 Å². The highest BCUT2D eigenvalue weighted by molar-refractivity contribution is 5.84. The van der Waals surface area contributed by atoms with Crippen LogP contribution in [0, 0.1) is 0 Å². The van der Waals surface area contributed by atoms with Gasteiger partial charge in [-0.1, -0.05) is 18.2 Å². The number of carboxylic acids is 1. The maximum Gasteiger partial charge on any atom is 0.126 e. The number of para-hydroxylation sites is 1. The number of hydrogen-bond acceptors (Lipinski definition) is 3. The first-order chi connectivity index (χ1) is 6.24. The highest BCUT2D eigenvalue weighted by Crippen LogP contribution is 2.18. The van der Waals surface area contributed by atoms with Crippen LogP contribution in [0.2, 0.25) is 0 Å². The zero-order chi connectivity index (χ0) is 9.68. The van der Waals surface area contributed by atoms with Crippen LogP contribution in [0.1, 0.15) is 5.56 Å². The van der Waals surface area contributed by atoms with E-state index in [1.54, 1.807) is 18.2 Å². The quantitative estimate of drug-likeness (QED) is 0.630. The maximum atomic E-state index is 10.1. The lowest BCUT2D eigenvalue weighted by Gasteiger charge is -2.03. The Morgan fingerprint density at radius 3 is 2.77 bits per heavy atom. The average Bonchev–Trinajstić information content (AvgIpc) is 2.15. The van der Waals surface area contributed by atoms with Gasteiger partial charge in [-0.2, -0.15) is 0 Å². The fraction of sp³-hybridized carbons (Fsp3) is 0.100. The number of carbonyl (C=O) groups is 1. The van der Waals surface area contributed by atoms with Gasteiger partial charge in [0.2, 0.25) is 0 Å². The summed E-state index contributed by atoms with van der Waals surface area (Å²) in [4.78, 5) is 10.1. The van der Waals surface area contributed by atoms with Crippen LogP contribution in [0.15, 0.2) is 30.3 Å². The van der Waals surface area contributed by atoms with Gasteiger partial charge < -0.3 is 14.6 Å². The molecule has 1 aromatic rings. The molecule has 0 N–H and O–H groups in total. The van der Waals surface area contributed by atoms with Gasteiger partial charge in [-0.25, -0.2) is 0 Å². The largest absolute Gasteiger partial charge is 0.545 e. The van der Waals surface area contributed by atoms with Crippen molar-refractivity contribution in [2.75, 3.05) is 7.11 Å². The van der Waals surface area contributed by atoms with Crippen molar-refractivity contribution in [1.82, 2.24) is 0 Å². The minimum Gasteiger partial charge on any atom is -0.545 e. The molecule has 3 nitrogen and oxygen atoms in total. The van der Waals surface area contributed by atoms with Gasteiger partial charge in [0.05, 0.1) is 13.1 Å². The molecule has 0 bridgehead atoms. The molecular formula is C10H9O3-. The summed E-state index contributed by atoms with van der Waals surface area (Å²) in [6.45, 7) is 0. The Hall–Kier alpha value is -1.77. The van der Waals surface area contributed by atoms with E-state index in [9.17, 15) is 9.90 Å². The topological polar surface area (TPSA) is 49.4 Å². The Kier molecular flexibility index (Phi) is 3.09. The number of rotatable bonds is 3. The van der Waals surface area contributed by atoms with Crippen LogP contribution >= 0.6 is 0 Å². The zero-order valence-corrected chi connectivity index (χ0v) is 7.19. The fourth-order valence-corrected chi connectivity index (χ4v) is 0.962. The van der Waals surface area contributed by atoms with Crippen molar-refractivity contribution in [3.8, 4) is 5.75 Å². The van der Waals surface area contributed by atoms with E-state index in [4.69, 9.17) is 4.74 Å². The van der Waals surface area contributed by atoms with E-state index in [-0.39, 0.29) is 0 Å². The van der Waals surface area contributed by atoms with Crippen molar-refractivity contribution in [3.05, 3.63) is 35.9 Å². The number of aliphatic carboxylic acids is 1. The maximum absolute atomic E-state index is 10.1. The molecule has 1 rings (SSSR count). The monoisotopic (exact) mass is 177 g/mol. The molecule has 0 aromatic heterocycles. The summed E-state index contributed by atoms with van der Waals surface area (Å²) in [5, 5.41) is 10.1. The molecule has 0 saturated carbocycles. The van der Waals surface area contributed by atoms with Gasteiger partial charge in [-0.05, 0) is 18.2 Å². The third kappa shape index (κ3) is 2.63. The number of methoxy groups -OCH3 is 1. The van der Waals surface area contributed by atoms with Crippen molar-refractivity contribution in [2.24, 2.45) is 0 Å². The third-order valence-electron chi connectivity index (χ3n) is 1.54. The van der Waals surface area contributed by atoms with Gasteiger partial charge in [0.15, 0.2) is 0 Å². The lowest BCUT2D eigenvalue weighted by Crippen LogP contribution is -2.18. The first kappa shape index (κ1) is 9.32. The molecule has 0 atom stereocenters. The van der Waals surface area contributed by atoms with Crippen molar-refractivity contribution in [1.29, 1.82) is 0 Å². The second kappa shape index (κ2) is 4.30. The van der Waals surface area contributed by atoms with Crippen molar-refractivity contribution in [3.63, 3.8) is 0 Å². The van der Waals surface area contributed by atoms with E-state index in [0.717, 1.165) is 6.08 Å². The molecule has 0 amide bonds. The molecule has 0 fully saturated rings. The Morgan fingerprint density at radius 1 is 1.46 bits per heavy atom. The SMILES string of the molecule is COc1ccccc1C=CC(=O)[O-]. The second-order valence-corrected chi connectivity index (χ2v) is 2.39. The van der Waals surface area contributed by atoms with Crippen LogP contribution in [-0.2, 0) is 4.79 Å². The molecule has 0 heterocycles. The third-order valence-corrected chi connectivity index (χ3v) is 1.54. The predicted octanol–water partition coefficient (Wildman–Crippen LogP) is 0.458. The molecule has 0 unspecified atom stereocenters. The molecule has 1 aromatic carbocycles. The zero-order valence-electron chi connectivity index (χ0n) is 7.19. The first-order valence-electron chi connectivity index (χ1n) is 3.76. The summed E-state index contributed by atoms with van der Waals surface area (Å²) >= 11 is 0. The summed E-state index contributed by atoms with van der Waals surface area (Å²) in [5.41, 5.74) is 0.717. The molecule has 0 spiro atoms. The van der Waals surface area contributed by atoms with Crippen molar-refractivity contribution >= 4 is 12.0 Å². The molecule has 3 heteroatoms. The minimum absolute atomic E-state index is 0.639. The Labute approximate surface area is 76.3 Å². The van der Waals surface area contributed by atoms with Gasteiger partial charge >= 0.3 is 0 Å². The highest BCUT2D eigenvalue weighted by atomic mass is 16.5. The molecule has 0 saturated heterocycles. The second-order valence-electron chi connectivity index (χ2n) is 2.39. The Morgan fingerprint density at radius 2 is 2.15 bits per heavy atom. The smallest absolute Gasteiger partial charge is 0.126 e. The van der Waals surface area contributed by atoms with E-state index in [0.29, 0.717) is 11.3 Å². The summed E-state index contributed by atoms with van der Waals surface area (Å²) in [7, 11) is 1.53. The van der Waals surface area contributed by atoms with Gasteiger partial charge in [0.1, 0.15) is 5.75 Å². The summed E-state index contributed by atoms with van der Waals surface area (Å²) in [6, 6.07) is 7.14. The van der Waals surface area contributed by atoms with Crippen LogP contribution in [0.3, 0.4) is 0 Å². The van der Waals surface area contributed by atoms with E-state index >= 15 is 0 Å². The summed E-state index contributed by atoms with van der Waals surface area (Å²) < 4.78 is 5.01. The van der Waals surface area contributed by atoms with Crippen LogP contribution in [0.4, 0.5) is 0 Å². The van der Waals surface area contributed by atoms with Crippen LogP contribution in [0.5, 0.6) is 5.75 Å². The molecule has 13 heavy (non-hydrogen) atoms. The molecule has 0 radical (unpaired) electrons. The minimum atomic E-state index is -1.22. The van der Waals surface area contributed by atoms with E-state index in [2.05, 4.69) is 0 Å². The van der Waals surface area contributed by atoms with E-state index < -0.39 is 5.97 Å². The van der Waals surface area contributed by atoms with Gasteiger partial charge in [0, 0.05) is 5.56 Å². The Bertz CT molecular complexity index is 329. The van der Waals surface area contributed by atoms with Crippen molar-refractivity contribution in [2.45, 2.75) is 0 Å². The van der Waals surface area contributed by atoms with Gasteiger partial charge in [0.25, 0.3) is 0 Å². The van der Waals surface area contributed by atoms with E-state index in [1.807, 2.05) is 6.07 Å². The molecule has 0 aliphatic heterocycles. The highest BCUT2D eigenvalue weighted by Gasteiger charge is 1.95. The first-order valence-corrected chi connectivity index (χ1v) is 3.76. The fourth-order valence-electron chi connectivity index (χ4n) is 0.962. The van der Waals surface area contributed by atoms with Crippen molar-refractivity contribution < 1.29 is 14.6 Å². The number of benzene rings is 1. The average molecular weight is 177 g/mol. The summed E-state index contributed by atoms with van der Waals surface area (Å²) in [5.74, 6) is -0.578. The number of hydrogen-bond donors (Lipinski definition) is 0. The van der Waals surface area contributed by atoms with Gasteiger partial charge in [-0.15, -0.1) is 0 Å². The lowest BCUT2D eigenvalue weighted by atomic mass is 10.2. The number of carbonyl (C=O) groups excluding carboxylic acids is 1. The van der Waals surface area contributed by atoms with Crippen LogP contribution < -0.4 is 9.84 Å². The van der Waals surface area contributed by atoms with Gasteiger partial charge in [-0.3, -0.25) is 0 Å². The molecule has 68 valence electrons.